The number of aromatic nitrogens is 1. The van der Waals surface area contributed by atoms with E-state index in [1.807, 2.05) is 31.2 Å². The van der Waals surface area contributed by atoms with Crippen molar-refractivity contribution >= 4 is 28.9 Å². The molecule has 94 valence electrons. The van der Waals surface area contributed by atoms with Crippen LogP contribution in [0.15, 0.2) is 24.3 Å². The van der Waals surface area contributed by atoms with Gasteiger partial charge in [-0.3, -0.25) is 0 Å². The Labute approximate surface area is 114 Å². The van der Waals surface area contributed by atoms with Gasteiger partial charge in [0.2, 0.25) is 0 Å². The highest BCUT2D eigenvalue weighted by molar-refractivity contribution is 7.19. The van der Waals surface area contributed by atoms with Crippen LogP contribution in [0.25, 0.3) is 10.4 Å². The molecule has 1 aromatic heterocycles. The molecule has 18 heavy (non-hydrogen) atoms. The first kappa shape index (κ1) is 13.1. The smallest absolute Gasteiger partial charge is 0.358 e. The van der Waals surface area contributed by atoms with Gasteiger partial charge >= 0.3 is 5.97 Å². The molecule has 1 heterocycles. The predicted octanol–water partition coefficient (Wildman–Crippen LogP) is 3.95. The number of thiazole rings is 1. The molecule has 3 nitrogen and oxygen atoms in total. The molecule has 0 amide bonds. The molecular formula is C13H12ClNO2S. The number of rotatable bonds is 3. The normalized spacial score (nSPS) is 10.4. The molecule has 0 fully saturated rings. The van der Waals surface area contributed by atoms with Crippen molar-refractivity contribution in [3.63, 3.8) is 0 Å². The van der Waals surface area contributed by atoms with E-state index in [1.165, 1.54) is 11.3 Å². The molecule has 2 rings (SSSR count). The number of carbonyl (C=O) groups excluding carboxylic acids is 1. The van der Waals surface area contributed by atoms with Gasteiger partial charge in [0.05, 0.1) is 11.5 Å². The highest BCUT2D eigenvalue weighted by Crippen LogP contribution is 2.33. The lowest BCUT2D eigenvalue weighted by Gasteiger charge is -2.02. The van der Waals surface area contributed by atoms with Crippen LogP contribution in [0.4, 0.5) is 0 Å². The lowest BCUT2D eigenvalue weighted by molar-refractivity contribution is 0.0521. The SMILES string of the molecule is CCOC(=O)c1nc(Cl)sc1-c1ccc(C)cc1. The first-order valence-electron chi connectivity index (χ1n) is 5.52. The number of benzene rings is 1. The molecule has 0 radical (unpaired) electrons. The zero-order valence-corrected chi connectivity index (χ0v) is 11.6. The largest absolute Gasteiger partial charge is 0.461 e. The van der Waals surface area contributed by atoms with Gasteiger partial charge in [-0.05, 0) is 19.4 Å². The van der Waals surface area contributed by atoms with Gasteiger partial charge in [-0.25, -0.2) is 9.78 Å². The lowest BCUT2D eigenvalue weighted by Crippen LogP contribution is -2.06. The molecule has 0 spiro atoms. The quantitative estimate of drug-likeness (QED) is 0.800. The van der Waals surface area contributed by atoms with Gasteiger partial charge in [-0.2, -0.15) is 0 Å². The summed E-state index contributed by atoms with van der Waals surface area (Å²) in [7, 11) is 0. The maximum Gasteiger partial charge on any atom is 0.358 e. The van der Waals surface area contributed by atoms with Crippen LogP contribution < -0.4 is 0 Å². The maximum absolute atomic E-state index is 11.8. The summed E-state index contributed by atoms with van der Waals surface area (Å²) >= 11 is 7.17. The van der Waals surface area contributed by atoms with E-state index in [9.17, 15) is 4.79 Å². The Balaban J connectivity index is 2.44. The van der Waals surface area contributed by atoms with E-state index in [0.29, 0.717) is 11.1 Å². The highest BCUT2D eigenvalue weighted by Gasteiger charge is 2.19. The minimum absolute atomic E-state index is 0.288. The van der Waals surface area contributed by atoms with Crippen LogP contribution in [-0.4, -0.2) is 17.6 Å². The third-order valence-corrected chi connectivity index (χ3v) is 3.59. The van der Waals surface area contributed by atoms with Gasteiger partial charge in [0.1, 0.15) is 0 Å². The number of hydrogen-bond acceptors (Lipinski definition) is 4. The monoisotopic (exact) mass is 281 g/mol. The standard InChI is InChI=1S/C13H12ClNO2S/c1-3-17-12(16)10-11(18-13(14)15-10)9-6-4-8(2)5-7-9/h4-7H,3H2,1-2H3. The summed E-state index contributed by atoms with van der Waals surface area (Å²) < 4.78 is 5.32. The van der Waals surface area contributed by atoms with Gasteiger partial charge in [0.15, 0.2) is 10.2 Å². The number of nitrogens with zero attached hydrogens (tertiary/aromatic N) is 1. The van der Waals surface area contributed by atoms with Gasteiger partial charge in [-0.1, -0.05) is 41.4 Å². The summed E-state index contributed by atoms with van der Waals surface area (Å²) in [6.07, 6.45) is 0. The summed E-state index contributed by atoms with van der Waals surface area (Å²) in [5.41, 5.74) is 2.37. The Morgan fingerprint density at radius 3 is 2.67 bits per heavy atom. The molecule has 0 atom stereocenters. The van der Waals surface area contributed by atoms with Crippen LogP contribution in [0.2, 0.25) is 4.47 Å². The maximum atomic E-state index is 11.8. The van der Waals surface area contributed by atoms with Crippen molar-refractivity contribution in [3.8, 4) is 10.4 Å². The van der Waals surface area contributed by atoms with Crippen molar-refractivity contribution in [3.05, 3.63) is 40.0 Å². The van der Waals surface area contributed by atoms with E-state index in [-0.39, 0.29) is 5.69 Å². The van der Waals surface area contributed by atoms with E-state index in [1.54, 1.807) is 6.92 Å². The Morgan fingerprint density at radius 2 is 2.06 bits per heavy atom. The molecule has 2 aromatic rings. The number of esters is 1. The number of hydrogen-bond donors (Lipinski definition) is 0. The fourth-order valence-corrected chi connectivity index (χ4v) is 2.63. The highest BCUT2D eigenvalue weighted by atomic mass is 35.5. The third kappa shape index (κ3) is 2.71. The second-order valence-corrected chi connectivity index (χ2v) is 5.31. The summed E-state index contributed by atoms with van der Waals surface area (Å²) in [4.78, 5) is 16.6. The summed E-state index contributed by atoms with van der Waals surface area (Å²) in [6, 6.07) is 7.86. The van der Waals surface area contributed by atoms with Crippen molar-refractivity contribution in [2.75, 3.05) is 6.61 Å². The van der Waals surface area contributed by atoms with Crippen molar-refractivity contribution < 1.29 is 9.53 Å². The number of halogens is 1. The van der Waals surface area contributed by atoms with Crippen LogP contribution in [-0.2, 0) is 4.74 Å². The fourth-order valence-electron chi connectivity index (χ4n) is 1.53. The van der Waals surface area contributed by atoms with Crippen LogP contribution in [0.1, 0.15) is 23.0 Å². The molecule has 0 unspecified atom stereocenters. The predicted molar refractivity (Wildman–Crippen MR) is 73.3 cm³/mol. The Hall–Kier alpha value is -1.39. The molecular weight excluding hydrogens is 270 g/mol. The van der Waals surface area contributed by atoms with E-state index in [4.69, 9.17) is 16.3 Å². The summed E-state index contributed by atoms with van der Waals surface area (Å²) in [5.74, 6) is -0.434. The average Bonchev–Trinajstić information content (AvgIpc) is 2.73. The van der Waals surface area contributed by atoms with Crippen LogP contribution in [0, 0.1) is 6.92 Å². The fraction of sp³-hybridized carbons (Fsp3) is 0.231. The zero-order chi connectivity index (χ0) is 13.1. The van der Waals surface area contributed by atoms with Crippen molar-refractivity contribution in [2.24, 2.45) is 0 Å². The zero-order valence-electron chi connectivity index (χ0n) is 10.1. The molecule has 0 aliphatic carbocycles. The van der Waals surface area contributed by atoms with Gasteiger partial charge in [0, 0.05) is 0 Å². The average molecular weight is 282 g/mol. The topological polar surface area (TPSA) is 39.2 Å². The number of carbonyl (C=O) groups is 1. The Bertz CT molecular complexity index is 563. The van der Waals surface area contributed by atoms with Crippen molar-refractivity contribution in [1.82, 2.24) is 4.98 Å². The van der Waals surface area contributed by atoms with E-state index in [0.717, 1.165) is 16.0 Å². The molecule has 0 saturated carbocycles. The molecule has 0 saturated heterocycles. The van der Waals surface area contributed by atoms with Gasteiger partial charge < -0.3 is 4.74 Å². The Kier molecular flexibility index (Phi) is 3.99. The van der Waals surface area contributed by atoms with Crippen LogP contribution in [0.3, 0.4) is 0 Å². The van der Waals surface area contributed by atoms with E-state index < -0.39 is 5.97 Å². The van der Waals surface area contributed by atoms with Gasteiger partial charge in [0.25, 0.3) is 0 Å². The summed E-state index contributed by atoms with van der Waals surface area (Å²) in [6.45, 7) is 4.09. The molecule has 0 N–H and O–H groups in total. The van der Waals surface area contributed by atoms with E-state index in [2.05, 4.69) is 4.98 Å². The summed E-state index contributed by atoms with van der Waals surface area (Å²) in [5, 5.41) is 0. The van der Waals surface area contributed by atoms with Crippen LogP contribution in [0.5, 0.6) is 0 Å². The second kappa shape index (κ2) is 5.50. The lowest BCUT2D eigenvalue weighted by atomic mass is 10.1. The Morgan fingerprint density at radius 1 is 1.39 bits per heavy atom. The molecule has 0 bridgehead atoms. The van der Waals surface area contributed by atoms with E-state index >= 15 is 0 Å². The third-order valence-electron chi connectivity index (χ3n) is 2.38. The number of aryl methyl sites for hydroxylation is 1. The van der Waals surface area contributed by atoms with Crippen LogP contribution >= 0.6 is 22.9 Å². The first-order chi connectivity index (χ1) is 8.61. The number of ether oxygens (including phenoxy) is 1. The van der Waals surface area contributed by atoms with Crippen molar-refractivity contribution in [1.29, 1.82) is 0 Å². The molecule has 5 heteroatoms. The second-order valence-electron chi connectivity index (χ2n) is 3.73. The molecule has 0 aliphatic heterocycles. The van der Waals surface area contributed by atoms with Crippen molar-refractivity contribution in [2.45, 2.75) is 13.8 Å². The first-order valence-corrected chi connectivity index (χ1v) is 6.71. The molecule has 1 aromatic carbocycles. The minimum Gasteiger partial charge on any atom is -0.461 e. The minimum atomic E-state index is -0.434. The van der Waals surface area contributed by atoms with Gasteiger partial charge in [-0.15, -0.1) is 11.3 Å². The molecule has 0 aliphatic rings.